The number of rotatable bonds is 5. The van der Waals surface area contributed by atoms with Crippen molar-refractivity contribution in [3.05, 3.63) is 28.2 Å². The van der Waals surface area contributed by atoms with Gasteiger partial charge in [0.05, 0.1) is 5.02 Å². The van der Waals surface area contributed by atoms with Gasteiger partial charge in [-0.1, -0.05) is 36.0 Å². The maximum absolute atomic E-state index is 11.9. The van der Waals surface area contributed by atoms with Gasteiger partial charge in [-0.2, -0.15) is 0 Å². The van der Waals surface area contributed by atoms with Crippen LogP contribution in [0.3, 0.4) is 0 Å². The van der Waals surface area contributed by atoms with Crippen LogP contribution >= 0.6 is 23.2 Å². The lowest BCUT2D eigenvalue weighted by Crippen LogP contribution is -2.53. The van der Waals surface area contributed by atoms with E-state index in [1.54, 1.807) is 12.1 Å². The van der Waals surface area contributed by atoms with Crippen LogP contribution in [0.2, 0.25) is 10.0 Å². The summed E-state index contributed by atoms with van der Waals surface area (Å²) in [5.41, 5.74) is -1.16. The molecule has 1 aromatic rings. The summed E-state index contributed by atoms with van der Waals surface area (Å²) < 4.78 is 5.29. The molecule has 1 saturated carbocycles. The molecule has 0 aromatic heterocycles. The van der Waals surface area contributed by atoms with Crippen molar-refractivity contribution in [3.63, 3.8) is 0 Å². The van der Waals surface area contributed by atoms with Crippen LogP contribution < -0.4 is 10.1 Å². The van der Waals surface area contributed by atoms with Crippen molar-refractivity contribution in [2.45, 2.75) is 31.2 Å². The maximum Gasteiger partial charge on any atom is 0.329 e. The van der Waals surface area contributed by atoms with E-state index >= 15 is 0 Å². The molecule has 1 aliphatic carbocycles. The Bertz CT molecular complexity index is 556. The Hall–Kier alpha value is -1.46. The number of ether oxygens (including phenoxy) is 1. The molecular weight excluding hydrogens is 317 g/mol. The average Bonchev–Trinajstić information content (AvgIpc) is 2.87. The second kappa shape index (κ2) is 6.54. The molecule has 1 fully saturated rings. The first-order valence-electron chi connectivity index (χ1n) is 6.55. The van der Waals surface area contributed by atoms with Gasteiger partial charge in [-0.05, 0) is 31.0 Å². The van der Waals surface area contributed by atoms with Crippen molar-refractivity contribution in [3.8, 4) is 5.75 Å². The van der Waals surface area contributed by atoms with Crippen molar-refractivity contribution in [2.24, 2.45) is 0 Å². The van der Waals surface area contributed by atoms with Crippen LogP contribution in [0.4, 0.5) is 0 Å². The molecular formula is C14H15Cl2NO4. The summed E-state index contributed by atoms with van der Waals surface area (Å²) in [5, 5.41) is 12.6. The molecule has 0 bridgehead atoms. The van der Waals surface area contributed by atoms with Gasteiger partial charge in [0.1, 0.15) is 11.3 Å². The molecule has 2 N–H and O–H groups in total. The topological polar surface area (TPSA) is 75.6 Å². The van der Waals surface area contributed by atoms with Gasteiger partial charge >= 0.3 is 5.97 Å². The molecule has 0 atom stereocenters. The Morgan fingerprint density at radius 3 is 2.52 bits per heavy atom. The zero-order valence-corrected chi connectivity index (χ0v) is 12.7. The fourth-order valence-electron chi connectivity index (χ4n) is 2.41. The van der Waals surface area contributed by atoms with Gasteiger partial charge in [-0.25, -0.2) is 4.79 Å². The van der Waals surface area contributed by atoms with E-state index in [9.17, 15) is 14.7 Å². The average molecular weight is 332 g/mol. The first-order chi connectivity index (χ1) is 9.93. The van der Waals surface area contributed by atoms with Crippen molar-refractivity contribution >= 4 is 35.1 Å². The van der Waals surface area contributed by atoms with Crippen LogP contribution in [-0.2, 0) is 9.59 Å². The van der Waals surface area contributed by atoms with Gasteiger partial charge in [0, 0.05) is 5.02 Å². The zero-order valence-electron chi connectivity index (χ0n) is 11.2. The van der Waals surface area contributed by atoms with E-state index in [1.807, 2.05) is 0 Å². The van der Waals surface area contributed by atoms with E-state index in [0.717, 1.165) is 12.8 Å². The molecule has 1 amide bonds. The summed E-state index contributed by atoms with van der Waals surface area (Å²) in [4.78, 5) is 23.2. The van der Waals surface area contributed by atoms with Gasteiger partial charge in [0.2, 0.25) is 0 Å². The molecule has 5 nitrogen and oxygen atoms in total. The summed E-state index contributed by atoms with van der Waals surface area (Å²) in [7, 11) is 0. The summed E-state index contributed by atoms with van der Waals surface area (Å²) in [5.74, 6) is -1.16. The Morgan fingerprint density at radius 2 is 1.95 bits per heavy atom. The number of amides is 1. The Labute approximate surface area is 132 Å². The number of hydrogen-bond acceptors (Lipinski definition) is 3. The first-order valence-corrected chi connectivity index (χ1v) is 7.31. The van der Waals surface area contributed by atoms with E-state index in [4.69, 9.17) is 27.9 Å². The zero-order chi connectivity index (χ0) is 15.5. The standard InChI is InChI=1S/C14H15Cl2NO4/c15-9-3-4-11(10(16)7-9)21-8-12(18)17-14(13(19)20)5-1-2-6-14/h3-4,7H,1-2,5-6,8H2,(H,17,18)(H,19,20). The molecule has 0 heterocycles. The quantitative estimate of drug-likeness (QED) is 0.869. The van der Waals surface area contributed by atoms with Crippen LogP contribution in [-0.4, -0.2) is 29.1 Å². The highest BCUT2D eigenvalue weighted by Crippen LogP contribution is 2.30. The molecule has 7 heteroatoms. The number of aliphatic carboxylic acids is 1. The summed E-state index contributed by atoms with van der Waals surface area (Å²) in [6.07, 6.45) is 2.46. The maximum atomic E-state index is 11.9. The smallest absolute Gasteiger partial charge is 0.329 e. The normalized spacial score (nSPS) is 16.5. The van der Waals surface area contributed by atoms with E-state index in [2.05, 4.69) is 5.32 Å². The number of hydrogen-bond donors (Lipinski definition) is 2. The highest BCUT2D eigenvalue weighted by Gasteiger charge is 2.42. The minimum absolute atomic E-state index is 0.295. The highest BCUT2D eigenvalue weighted by molar-refractivity contribution is 6.35. The lowest BCUT2D eigenvalue weighted by molar-refractivity contribution is -0.147. The number of nitrogens with one attached hydrogen (secondary N) is 1. The second-order valence-electron chi connectivity index (χ2n) is 5.01. The molecule has 1 aliphatic rings. The van der Waals surface area contributed by atoms with Crippen LogP contribution in [0, 0.1) is 0 Å². The number of carbonyl (C=O) groups is 2. The number of halogens is 2. The summed E-state index contributed by atoms with van der Waals surface area (Å²) >= 11 is 11.7. The van der Waals surface area contributed by atoms with E-state index in [0.29, 0.717) is 28.6 Å². The summed E-state index contributed by atoms with van der Waals surface area (Å²) in [6.45, 7) is -0.295. The lowest BCUT2D eigenvalue weighted by atomic mass is 9.98. The molecule has 0 saturated heterocycles. The highest BCUT2D eigenvalue weighted by atomic mass is 35.5. The fraction of sp³-hybridized carbons (Fsp3) is 0.429. The van der Waals surface area contributed by atoms with Crippen molar-refractivity contribution in [1.29, 1.82) is 0 Å². The Morgan fingerprint density at radius 1 is 1.29 bits per heavy atom. The molecule has 21 heavy (non-hydrogen) atoms. The molecule has 0 spiro atoms. The van der Waals surface area contributed by atoms with Gasteiger partial charge in [-0.3, -0.25) is 4.79 Å². The van der Waals surface area contributed by atoms with Crippen LogP contribution in [0.1, 0.15) is 25.7 Å². The third-order valence-electron chi connectivity index (χ3n) is 3.50. The number of carbonyl (C=O) groups excluding carboxylic acids is 1. The third-order valence-corrected chi connectivity index (χ3v) is 4.03. The third kappa shape index (κ3) is 3.80. The first kappa shape index (κ1) is 15.9. The van der Waals surface area contributed by atoms with E-state index in [-0.39, 0.29) is 6.61 Å². The van der Waals surface area contributed by atoms with Crippen molar-refractivity contribution < 1.29 is 19.4 Å². The van der Waals surface area contributed by atoms with Crippen LogP contribution in [0.15, 0.2) is 18.2 Å². The van der Waals surface area contributed by atoms with Crippen LogP contribution in [0.5, 0.6) is 5.75 Å². The largest absolute Gasteiger partial charge is 0.482 e. The monoisotopic (exact) mass is 331 g/mol. The molecule has 1 aromatic carbocycles. The van der Waals surface area contributed by atoms with E-state index < -0.39 is 17.4 Å². The number of benzene rings is 1. The van der Waals surface area contributed by atoms with E-state index in [1.165, 1.54) is 6.07 Å². The van der Waals surface area contributed by atoms with Gasteiger partial charge in [0.15, 0.2) is 6.61 Å². The predicted molar refractivity (Wildman–Crippen MR) is 78.9 cm³/mol. The van der Waals surface area contributed by atoms with Crippen molar-refractivity contribution in [1.82, 2.24) is 5.32 Å². The summed E-state index contributed by atoms with van der Waals surface area (Å²) in [6, 6.07) is 4.66. The molecule has 114 valence electrons. The SMILES string of the molecule is O=C(COc1ccc(Cl)cc1Cl)NC1(C(=O)O)CCCC1. The van der Waals surface area contributed by atoms with Crippen LogP contribution in [0.25, 0.3) is 0 Å². The van der Waals surface area contributed by atoms with Gasteiger partial charge in [0.25, 0.3) is 5.91 Å². The number of carboxylic acids is 1. The lowest BCUT2D eigenvalue weighted by Gasteiger charge is -2.25. The minimum atomic E-state index is -1.16. The Balaban J connectivity index is 1.94. The van der Waals surface area contributed by atoms with Gasteiger partial charge < -0.3 is 15.2 Å². The van der Waals surface area contributed by atoms with Gasteiger partial charge in [-0.15, -0.1) is 0 Å². The molecule has 0 radical (unpaired) electrons. The predicted octanol–water partition coefficient (Wildman–Crippen LogP) is 2.89. The minimum Gasteiger partial charge on any atom is -0.482 e. The fourth-order valence-corrected chi connectivity index (χ4v) is 2.87. The number of carboxylic acid groups (broad SMARTS) is 1. The molecule has 0 unspecified atom stereocenters. The van der Waals surface area contributed by atoms with Crippen molar-refractivity contribution in [2.75, 3.05) is 6.61 Å². The molecule has 0 aliphatic heterocycles. The molecule has 2 rings (SSSR count). The second-order valence-corrected chi connectivity index (χ2v) is 5.85. The Kier molecular flexibility index (Phi) is 4.96.